The van der Waals surface area contributed by atoms with Crippen LogP contribution in [0.25, 0.3) is 0 Å². The normalized spacial score (nSPS) is 14.7. The van der Waals surface area contributed by atoms with Gasteiger partial charge in [-0.15, -0.1) is 0 Å². The van der Waals surface area contributed by atoms with Gasteiger partial charge in [-0.1, -0.05) is 12.1 Å². The summed E-state index contributed by atoms with van der Waals surface area (Å²) in [7, 11) is 3.44. The number of hydrogen-bond acceptors (Lipinski definition) is 4. The molecule has 0 heterocycles. The van der Waals surface area contributed by atoms with E-state index in [0.717, 1.165) is 11.3 Å². The van der Waals surface area contributed by atoms with E-state index in [1.807, 2.05) is 31.3 Å². The van der Waals surface area contributed by atoms with Crippen LogP contribution in [0.5, 0.6) is 5.75 Å². The minimum atomic E-state index is -0.317. The summed E-state index contributed by atoms with van der Waals surface area (Å²) in [6, 6.07) is 7.27. The van der Waals surface area contributed by atoms with Crippen LogP contribution < -0.4 is 15.8 Å². The van der Waals surface area contributed by atoms with Crippen LogP contribution in [0.2, 0.25) is 0 Å². The number of hydrogen-bond donors (Lipinski definition) is 3. The number of likely N-dealkylation sites (N-methyl/N-ethyl adjacent to an activating group) is 1. The molecule has 0 fully saturated rings. The molecule has 0 aliphatic heterocycles. The Labute approximate surface area is 90.1 Å². The maximum Gasteiger partial charge on any atom is 0.119 e. The van der Waals surface area contributed by atoms with E-state index in [1.165, 1.54) is 0 Å². The van der Waals surface area contributed by atoms with Gasteiger partial charge in [0, 0.05) is 12.1 Å². The molecule has 4 nitrogen and oxygen atoms in total. The van der Waals surface area contributed by atoms with Gasteiger partial charge in [-0.05, 0) is 24.7 Å². The molecule has 0 bridgehead atoms. The van der Waals surface area contributed by atoms with Gasteiger partial charge in [0.1, 0.15) is 5.75 Å². The molecular formula is C11H18N2O2. The summed E-state index contributed by atoms with van der Waals surface area (Å²) in [5, 5.41) is 12.1. The van der Waals surface area contributed by atoms with E-state index in [4.69, 9.17) is 15.6 Å². The van der Waals surface area contributed by atoms with Gasteiger partial charge in [-0.3, -0.25) is 0 Å². The smallest absolute Gasteiger partial charge is 0.119 e. The molecule has 2 atom stereocenters. The van der Waals surface area contributed by atoms with Crippen molar-refractivity contribution in [2.24, 2.45) is 5.73 Å². The van der Waals surface area contributed by atoms with Crippen LogP contribution in [0.3, 0.4) is 0 Å². The van der Waals surface area contributed by atoms with E-state index < -0.39 is 0 Å². The fraction of sp³-hybridized carbons (Fsp3) is 0.455. The highest BCUT2D eigenvalue weighted by Gasteiger charge is 2.17. The number of nitrogens with one attached hydrogen (secondary N) is 1. The second-order valence-corrected chi connectivity index (χ2v) is 3.39. The maximum absolute atomic E-state index is 9.03. The van der Waals surface area contributed by atoms with Crippen LogP contribution in [0.4, 0.5) is 0 Å². The summed E-state index contributed by atoms with van der Waals surface area (Å²) in [6.45, 7) is -0.0529. The number of rotatable bonds is 5. The fourth-order valence-electron chi connectivity index (χ4n) is 1.57. The molecule has 0 aliphatic rings. The van der Waals surface area contributed by atoms with Gasteiger partial charge in [0.15, 0.2) is 0 Å². The van der Waals surface area contributed by atoms with Crippen molar-refractivity contribution in [2.75, 3.05) is 20.8 Å². The Morgan fingerprint density at radius 3 is 2.80 bits per heavy atom. The zero-order valence-corrected chi connectivity index (χ0v) is 9.10. The first-order valence-electron chi connectivity index (χ1n) is 4.90. The number of ether oxygens (including phenoxy) is 1. The van der Waals surface area contributed by atoms with Crippen LogP contribution in [0.15, 0.2) is 24.3 Å². The molecule has 0 aromatic heterocycles. The minimum absolute atomic E-state index is 0.0529. The standard InChI is InChI=1S/C11H18N2O2/c1-13-11(10(12)7-14)8-4-3-5-9(6-8)15-2/h3-6,10-11,13-14H,7,12H2,1-2H3. The number of aliphatic hydroxyl groups excluding tert-OH is 1. The topological polar surface area (TPSA) is 67.5 Å². The van der Waals surface area contributed by atoms with Crippen LogP contribution >= 0.6 is 0 Å². The number of methoxy groups -OCH3 is 1. The molecule has 1 rings (SSSR count). The van der Waals surface area contributed by atoms with E-state index in [9.17, 15) is 0 Å². The molecule has 0 radical (unpaired) electrons. The van der Waals surface area contributed by atoms with Crippen molar-refractivity contribution in [1.82, 2.24) is 5.32 Å². The fourth-order valence-corrected chi connectivity index (χ4v) is 1.57. The number of benzene rings is 1. The van der Waals surface area contributed by atoms with Crippen molar-refractivity contribution >= 4 is 0 Å². The first-order valence-corrected chi connectivity index (χ1v) is 4.90. The van der Waals surface area contributed by atoms with Crippen molar-refractivity contribution < 1.29 is 9.84 Å². The molecule has 0 saturated carbocycles. The first-order chi connectivity index (χ1) is 7.22. The minimum Gasteiger partial charge on any atom is -0.497 e. The van der Waals surface area contributed by atoms with Crippen molar-refractivity contribution in [3.8, 4) is 5.75 Å². The Bertz CT molecular complexity index is 304. The quantitative estimate of drug-likeness (QED) is 0.653. The molecule has 0 aliphatic carbocycles. The predicted molar refractivity (Wildman–Crippen MR) is 59.9 cm³/mol. The predicted octanol–water partition coefficient (Wildman–Crippen LogP) is 0.275. The molecule has 1 aromatic rings. The van der Waals surface area contributed by atoms with Gasteiger partial charge in [0.25, 0.3) is 0 Å². The van der Waals surface area contributed by atoms with Crippen LogP contribution in [0, 0.1) is 0 Å². The van der Waals surface area contributed by atoms with E-state index in [1.54, 1.807) is 7.11 Å². The average Bonchev–Trinajstić information content (AvgIpc) is 2.30. The van der Waals surface area contributed by atoms with Gasteiger partial charge in [-0.2, -0.15) is 0 Å². The average molecular weight is 210 g/mol. The summed E-state index contributed by atoms with van der Waals surface area (Å²) in [5.74, 6) is 0.790. The highest BCUT2D eigenvalue weighted by Crippen LogP contribution is 2.20. The molecule has 4 N–H and O–H groups in total. The van der Waals surface area contributed by atoms with Crippen LogP contribution in [-0.4, -0.2) is 31.9 Å². The van der Waals surface area contributed by atoms with Crippen molar-refractivity contribution in [3.63, 3.8) is 0 Å². The Hall–Kier alpha value is -1.10. The third-order valence-electron chi connectivity index (χ3n) is 2.40. The van der Waals surface area contributed by atoms with Crippen LogP contribution in [-0.2, 0) is 0 Å². The molecule has 0 spiro atoms. The second kappa shape index (κ2) is 5.70. The summed E-state index contributed by atoms with van der Waals surface area (Å²) in [5.41, 5.74) is 6.81. The van der Waals surface area contributed by atoms with Gasteiger partial charge < -0.3 is 20.9 Å². The van der Waals surface area contributed by atoms with Gasteiger partial charge in [0.2, 0.25) is 0 Å². The second-order valence-electron chi connectivity index (χ2n) is 3.39. The Balaban J connectivity index is 2.91. The molecule has 15 heavy (non-hydrogen) atoms. The van der Waals surface area contributed by atoms with E-state index in [-0.39, 0.29) is 18.7 Å². The zero-order valence-electron chi connectivity index (χ0n) is 9.10. The van der Waals surface area contributed by atoms with Crippen molar-refractivity contribution in [2.45, 2.75) is 12.1 Å². The largest absolute Gasteiger partial charge is 0.497 e. The Kier molecular flexibility index (Phi) is 4.55. The molecule has 4 heteroatoms. The van der Waals surface area contributed by atoms with Gasteiger partial charge in [0.05, 0.1) is 13.7 Å². The molecule has 0 saturated heterocycles. The summed E-state index contributed by atoms with van der Waals surface area (Å²) in [4.78, 5) is 0. The lowest BCUT2D eigenvalue weighted by Gasteiger charge is -2.22. The molecule has 0 amide bonds. The summed E-state index contributed by atoms with van der Waals surface area (Å²) in [6.07, 6.45) is 0. The highest BCUT2D eigenvalue weighted by atomic mass is 16.5. The van der Waals surface area contributed by atoms with E-state index >= 15 is 0 Å². The van der Waals surface area contributed by atoms with E-state index in [0.29, 0.717) is 0 Å². The molecular weight excluding hydrogens is 192 g/mol. The molecule has 84 valence electrons. The summed E-state index contributed by atoms with van der Waals surface area (Å²) >= 11 is 0. The van der Waals surface area contributed by atoms with Gasteiger partial charge >= 0.3 is 0 Å². The Morgan fingerprint density at radius 1 is 1.53 bits per heavy atom. The van der Waals surface area contributed by atoms with Gasteiger partial charge in [-0.25, -0.2) is 0 Å². The SMILES string of the molecule is CNC(c1cccc(OC)c1)C(N)CO. The van der Waals surface area contributed by atoms with Crippen molar-refractivity contribution in [3.05, 3.63) is 29.8 Å². The summed E-state index contributed by atoms with van der Waals surface area (Å²) < 4.78 is 5.13. The number of aliphatic hydroxyl groups is 1. The maximum atomic E-state index is 9.03. The number of nitrogens with two attached hydrogens (primary N) is 1. The third kappa shape index (κ3) is 2.92. The lowest BCUT2D eigenvalue weighted by Crippen LogP contribution is -2.38. The molecule has 1 aromatic carbocycles. The zero-order chi connectivity index (χ0) is 11.3. The lowest BCUT2D eigenvalue weighted by molar-refractivity contribution is 0.240. The van der Waals surface area contributed by atoms with E-state index in [2.05, 4.69) is 5.32 Å². The monoisotopic (exact) mass is 210 g/mol. The lowest BCUT2D eigenvalue weighted by atomic mass is 10.0. The molecule has 2 unspecified atom stereocenters. The third-order valence-corrected chi connectivity index (χ3v) is 2.40. The van der Waals surface area contributed by atoms with Crippen molar-refractivity contribution in [1.29, 1.82) is 0 Å². The first kappa shape index (κ1) is 12.0. The highest BCUT2D eigenvalue weighted by molar-refractivity contribution is 5.31. The Morgan fingerprint density at radius 2 is 2.27 bits per heavy atom. The van der Waals surface area contributed by atoms with Crippen LogP contribution in [0.1, 0.15) is 11.6 Å².